The lowest BCUT2D eigenvalue weighted by Crippen LogP contribution is -2.40. The largest absolute Gasteiger partial charge is 0.483 e. The minimum absolute atomic E-state index is 0.105. The van der Waals surface area contributed by atoms with E-state index in [0.717, 1.165) is 11.1 Å². The Bertz CT molecular complexity index is 532. The van der Waals surface area contributed by atoms with Gasteiger partial charge in [-0.2, -0.15) is 0 Å². The highest BCUT2D eigenvalue weighted by molar-refractivity contribution is 5.84. The lowest BCUT2D eigenvalue weighted by molar-refractivity contribution is -0.141. The second-order valence-corrected chi connectivity index (χ2v) is 6.17. The monoisotopic (exact) mass is 293 g/mol. The number of amides is 1. The van der Waals surface area contributed by atoms with Crippen molar-refractivity contribution in [3.63, 3.8) is 0 Å². The van der Waals surface area contributed by atoms with Crippen molar-refractivity contribution in [1.82, 2.24) is 5.32 Å². The molecule has 0 spiro atoms. The maximum absolute atomic E-state index is 11.7. The van der Waals surface area contributed by atoms with Crippen LogP contribution in [0, 0.1) is 6.92 Å². The molecule has 0 saturated heterocycles. The Balaban J connectivity index is 2.76. The highest BCUT2D eigenvalue weighted by atomic mass is 16.5. The molecular formula is C16H23NO4. The van der Waals surface area contributed by atoms with Crippen molar-refractivity contribution in [2.24, 2.45) is 0 Å². The van der Waals surface area contributed by atoms with E-state index in [-0.39, 0.29) is 12.0 Å². The molecule has 0 bridgehead atoms. The average molecular weight is 293 g/mol. The van der Waals surface area contributed by atoms with Crippen molar-refractivity contribution in [1.29, 1.82) is 0 Å². The Kier molecular flexibility index (Phi) is 5.35. The van der Waals surface area contributed by atoms with Gasteiger partial charge in [0, 0.05) is 0 Å². The average Bonchev–Trinajstić information content (AvgIpc) is 2.35. The van der Waals surface area contributed by atoms with Crippen molar-refractivity contribution < 1.29 is 19.4 Å². The molecule has 0 radical (unpaired) electrons. The maximum atomic E-state index is 11.7. The molecule has 116 valence electrons. The molecule has 1 atom stereocenters. The minimum atomic E-state index is -1.07. The summed E-state index contributed by atoms with van der Waals surface area (Å²) in [5.74, 6) is -0.884. The number of rotatable bonds is 5. The number of carboxylic acids is 1. The Labute approximate surface area is 125 Å². The van der Waals surface area contributed by atoms with E-state index in [2.05, 4.69) is 26.1 Å². The molecule has 1 aromatic rings. The van der Waals surface area contributed by atoms with Crippen LogP contribution in [0.1, 0.15) is 38.8 Å². The normalized spacial score (nSPS) is 12.6. The minimum Gasteiger partial charge on any atom is -0.483 e. The third-order valence-electron chi connectivity index (χ3n) is 3.05. The number of carbonyl (C=O) groups is 2. The Hall–Kier alpha value is -2.04. The fraction of sp³-hybridized carbons (Fsp3) is 0.500. The quantitative estimate of drug-likeness (QED) is 0.873. The number of carbonyl (C=O) groups excluding carboxylic acids is 1. The standard InChI is InChI=1S/C16H23NO4/c1-10-6-7-13(12(8-10)16(3,4)5)21-9-14(18)17-11(2)15(19)20/h6-8,11H,9H2,1-5H3,(H,17,18)(H,19,20). The summed E-state index contributed by atoms with van der Waals surface area (Å²) in [4.78, 5) is 22.3. The van der Waals surface area contributed by atoms with Crippen LogP contribution in [0.25, 0.3) is 0 Å². The smallest absolute Gasteiger partial charge is 0.325 e. The van der Waals surface area contributed by atoms with Gasteiger partial charge < -0.3 is 15.2 Å². The first-order valence-corrected chi connectivity index (χ1v) is 6.87. The molecule has 0 heterocycles. The molecule has 1 aromatic carbocycles. The van der Waals surface area contributed by atoms with Gasteiger partial charge in [0.15, 0.2) is 6.61 Å². The number of nitrogens with one attached hydrogen (secondary N) is 1. The summed E-state index contributed by atoms with van der Waals surface area (Å²) in [6, 6.07) is 4.86. The van der Waals surface area contributed by atoms with Crippen LogP contribution in [0.2, 0.25) is 0 Å². The molecule has 0 aliphatic heterocycles. The molecule has 1 amide bonds. The molecule has 0 saturated carbocycles. The molecule has 0 fully saturated rings. The van der Waals surface area contributed by atoms with Gasteiger partial charge in [-0.3, -0.25) is 9.59 Å². The fourth-order valence-corrected chi connectivity index (χ4v) is 1.84. The number of ether oxygens (including phenoxy) is 1. The zero-order chi connectivity index (χ0) is 16.2. The first-order chi connectivity index (χ1) is 9.61. The summed E-state index contributed by atoms with van der Waals surface area (Å²) in [5, 5.41) is 11.1. The van der Waals surface area contributed by atoms with Gasteiger partial charge >= 0.3 is 5.97 Å². The molecule has 0 aliphatic carbocycles. The van der Waals surface area contributed by atoms with Crippen LogP contribution in [-0.4, -0.2) is 29.6 Å². The van der Waals surface area contributed by atoms with Gasteiger partial charge in [-0.1, -0.05) is 38.5 Å². The molecule has 5 nitrogen and oxygen atoms in total. The molecule has 2 N–H and O–H groups in total. The van der Waals surface area contributed by atoms with Crippen LogP contribution in [0.5, 0.6) is 5.75 Å². The predicted molar refractivity (Wildman–Crippen MR) is 80.6 cm³/mol. The zero-order valence-corrected chi connectivity index (χ0v) is 13.2. The molecular weight excluding hydrogens is 270 g/mol. The van der Waals surface area contributed by atoms with Crippen molar-refractivity contribution in [2.75, 3.05) is 6.61 Å². The van der Waals surface area contributed by atoms with Crippen LogP contribution < -0.4 is 10.1 Å². The summed E-state index contributed by atoms with van der Waals surface area (Å²) < 4.78 is 5.56. The lowest BCUT2D eigenvalue weighted by Gasteiger charge is -2.23. The van der Waals surface area contributed by atoms with Crippen molar-refractivity contribution >= 4 is 11.9 Å². The van der Waals surface area contributed by atoms with Crippen LogP contribution in [0.15, 0.2) is 18.2 Å². The van der Waals surface area contributed by atoms with Gasteiger partial charge in [0.05, 0.1) is 0 Å². The van der Waals surface area contributed by atoms with E-state index in [1.807, 2.05) is 25.1 Å². The first-order valence-electron chi connectivity index (χ1n) is 6.87. The number of carboxylic acid groups (broad SMARTS) is 1. The number of benzene rings is 1. The van der Waals surface area contributed by atoms with Crippen LogP contribution >= 0.6 is 0 Å². The third kappa shape index (κ3) is 5.10. The highest BCUT2D eigenvalue weighted by Gasteiger charge is 2.20. The Morgan fingerprint density at radius 2 is 1.95 bits per heavy atom. The van der Waals surface area contributed by atoms with E-state index in [1.54, 1.807) is 0 Å². The number of aryl methyl sites for hydroxylation is 1. The van der Waals surface area contributed by atoms with Crippen molar-refractivity contribution in [2.45, 2.75) is 46.1 Å². The predicted octanol–water partition coefficient (Wildman–Crippen LogP) is 2.26. The highest BCUT2D eigenvalue weighted by Crippen LogP contribution is 2.32. The lowest BCUT2D eigenvalue weighted by atomic mass is 9.85. The summed E-state index contributed by atoms with van der Waals surface area (Å²) in [6.07, 6.45) is 0. The topological polar surface area (TPSA) is 75.6 Å². The molecule has 0 aromatic heterocycles. The maximum Gasteiger partial charge on any atom is 0.325 e. The van der Waals surface area contributed by atoms with E-state index in [4.69, 9.17) is 9.84 Å². The third-order valence-corrected chi connectivity index (χ3v) is 3.05. The second kappa shape index (κ2) is 6.61. The first kappa shape index (κ1) is 17.0. The zero-order valence-electron chi connectivity index (χ0n) is 13.2. The van der Waals surface area contributed by atoms with Gasteiger partial charge in [0.25, 0.3) is 5.91 Å². The number of hydrogen-bond acceptors (Lipinski definition) is 3. The summed E-state index contributed by atoms with van der Waals surface area (Å²) >= 11 is 0. The summed E-state index contributed by atoms with van der Waals surface area (Å²) in [7, 11) is 0. The SMILES string of the molecule is Cc1ccc(OCC(=O)NC(C)C(=O)O)c(C(C)(C)C)c1. The number of hydrogen-bond donors (Lipinski definition) is 2. The molecule has 1 unspecified atom stereocenters. The molecule has 0 aliphatic rings. The van der Waals surface area contributed by atoms with Crippen LogP contribution in [0.4, 0.5) is 0 Å². The molecule has 21 heavy (non-hydrogen) atoms. The van der Waals surface area contributed by atoms with Gasteiger partial charge in [0.2, 0.25) is 0 Å². The van der Waals surface area contributed by atoms with E-state index in [0.29, 0.717) is 5.75 Å². The van der Waals surface area contributed by atoms with E-state index < -0.39 is 17.9 Å². The van der Waals surface area contributed by atoms with E-state index in [9.17, 15) is 9.59 Å². The molecule has 1 rings (SSSR count). The van der Waals surface area contributed by atoms with Crippen LogP contribution in [0.3, 0.4) is 0 Å². The summed E-state index contributed by atoms with van der Waals surface area (Å²) in [6.45, 7) is 9.42. The van der Waals surface area contributed by atoms with Gasteiger partial charge in [-0.15, -0.1) is 0 Å². The van der Waals surface area contributed by atoms with Crippen molar-refractivity contribution in [3.05, 3.63) is 29.3 Å². The Morgan fingerprint density at radius 3 is 2.48 bits per heavy atom. The van der Waals surface area contributed by atoms with Gasteiger partial charge in [0.1, 0.15) is 11.8 Å². The fourth-order valence-electron chi connectivity index (χ4n) is 1.84. The second-order valence-electron chi connectivity index (χ2n) is 6.17. The Morgan fingerprint density at radius 1 is 1.33 bits per heavy atom. The van der Waals surface area contributed by atoms with E-state index >= 15 is 0 Å². The molecule has 5 heteroatoms. The van der Waals surface area contributed by atoms with Crippen LogP contribution in [-0.2, 0) is 15.0 Å². The van der Waals surface area contributed by atoms with Gasteiger partial charge in [-0.05, 0) is 30.9 Å². The summed E-state index contributed by atoms with van der Waals surface area (Å²) in [5.41, 5.74) is 2.03. The van der Waals surface area contributed by atoms with Crippen molar-refractivity contribution in [3.8, 4) is 5.75 Å². The number of aliphatic carboxylic acids is 1. The van der Waals surface area contributed by atoms with Gasteiger partial charge in [-0.25, -0.2) is 0 Å². The van der Waals surface area contributed by atoms with E-state index in [1.165, 1.54) is 6.92 Å².